The maximum Gasteiger partial charge on any atom is 0.312 e. The zero-order chi connectivity index (χ0) is 48.2. The Hall–Kier alpha value is -5.81. The number of aliphatic hydroxyl groups excluding tert-OH is 2. The summed E-state index contributed by atoms with van der Waals surface area (Å²) in [5, 5.41) is 37.2. The van der Waals surface area contributed by atoms with E-state index in [0.717, 1.165) is 24.0 Å². The summed E-state index contributed by atoms with van der Waals surface area (Å²) in [4.78, 5) is 60.9. The van der Waals surface area contributed by atoms with Crippen LogP contribution in [0.4, 0.5) is 5.69 Å². The van der Waals surface area contributed by atoms with E-state index >= 15 is 0 Å². The van der Waals surface area contributed by atoms with Crippen molar-refractivity contribution in [1.82, 2.24) is 4.98 Å². The van der Waals surface area contributed by atoms with Gasteiger partial charge in [0.1, 0.15) is 40.3 Å². The van der Waals surface area contributed by atoms with E-state index in [4.69, 9.17) is 33.1 Å². The molecule has 0 spiro atoms. The number of aliphatic hydroxyl groups is 2. The Morgan fingerprint density at radius 3 is 2.41 bits per heavy atom. The number of amides is 1. The number of anilines is 1. The average Bonchev–Trinajstić information content (AvgIpc) is 3.77. The number of carbonyl (C=O) groups is 3. The lowest BCUT2D eigenvalue weighted by Crippen LogP contribution is -2.46. The van der Waals surface area contributed by atoms with Gasteiger partial charge in [0.25, 0.3) is 11.7 Å². The number of hydrogen-bond acceptors (Lipinski definition) is 14. The molecule has 7 rings (SSSR count). The van der Waals surface area contributed by atoms with Gasteiger partial charge in [0, 0.05) is 79.6 Å². The highest BCUT2D eigenvalue weighted by molar-refractivity contribution is 6.22. The molecular weight excluding hydrogens is 851 g/mol. The number of carbonyl (C=O) groups excluding carboxylic acids is 3. The van der Waals surface area contributed by atoms with Crippen LogP contribution in [0.5, 0.6) is 17.2 Å². The zero-order valence-corrected chi connectivity index (χ0v) is 39.5. The van der Waals surface area contributed by atoms with Gasteiger partial charge in [0.2, 0.25) is 5.43 Å². The van der Waals surface area contributed by atoms with Crippen LogP contribution < -0.4 is 20.2 Å². The Labute approximate surface area is 383 Å². The molecule has 16 nitrogen and oxygen atoms in total. The number of esters is 1. The minimum absolute atomic E-state index is 0.00988. The molecule has 4 N–H and O–H groups in total. The summed E-state index contributed by atoms with van der Waals surface area (Å²) in [7, 11) is 5.83. The molecular formula is C50H62N3O13+. The third-order valence-corrected chi connectivity index (χ3v) is 13.7. The van der Waals surface area contributed by atoms with Crippen molar-refractivity contribution < 1.29 is 62.3 Å². The van der Waals surface area contributed by atoms with Crippen molar-refractivity contribution in [3.05, 3.63) is 75.7 Å². The Kier molecular flexibility index (Phi) is 13.5. The van der Waals surface area contributed by atoms with Crippen molar-refractivity contribution >= 4 is 45.2 Å². The Morgan fingerprint density at radius 2 is 1.74 bits per heavy atom. The van der Waals surface area contributed by atoms with Crippen molar-refractivity contribution in [2.75, 3.05) is 46.2 Å². The molecule has 4 heterocycles. The number of ether oxygens (including phenoxy) is 5. The Bertz CT molecular complexity index is 2690. The number of aromatic nitrogens is 1. The van der Waals surface area contributed by atoms with Crippen molar-refractivity contribution in [3.8, 4) is 28.7 Å². The highest BCUT2D eigenvalue weighted by Crippen LogP contribution is 2.50. The fourth-order valence-corrected chi connectivity index (χ4v) is 9.64. The summed E-state index contributed by atoms with van der Waals surface area (Å²) in [5.41, 5.74) is -0.468. The lowest BCUT2D eigenvalue weighted by atomic mass is 9.78. The fourth-order valence-electron chi connectivity index (χ4n) is 9.64. The van der Waals surface area contributed by atoms with Crippen LogP contribution in [0.25, 0.3) is 33.3 Å². The van der Waals surface area contributed by atoms with Gasteiger partial charge in [-0.2, -0.15) is 0 Å². The first kappa shape index (κ1) is 48.1. The summed E-state index contributed by atoms with van der Waals surface area (Å²) in [6, 6.07) is 5.11. The third-order valence-electron chi connectivity index (χ3n) is 13.7. The van der Waals surface area contributed by atoms with Crippen LogP contribution in [0.3, 0.4) is 0 Å². The second kappa shape index (κ2) is 18.5. The molecule has 2 aromatic rings. The van der Waals surface area contributed by atoms with E-state index in [0.29, 0.717) is 23.8 Å². The van der Waals surface area contributed by atoms with Crippen LogP contribution in [-0.2, 0) is 23.8 Å². The first-order chi connectivity index (χ1) is 31.1. The highest BCUT2D eigenvalue weighted by atomic mass is 16.7. The molecule has 1 aliphatic carbocycles. The van der Waals surface area contributed by atoms with Gasteiger partial charge in [-0.15, -0.1) is 0 Å². The molecule has 16 heteroatoms. The van der Waals surface area contributed by atoms with Gasteiger partial charge in [-0.25, -0.2) is 4.98 Å². The minimum atomic E-state index is -2.04. The number of likely N-dealkylation sites (tertiary alicyclic amines) is 1. The number of nitrogens with zero attached hydrogens (tertiary/aromatic N) is 2. The Morgan fingerprint density at radius 1 is 1.02 bits per heavy atom. The van der Waals surface area contributed by atoms with Crippen molar-refractivity contribution in [1.29, 1.82) is 0 Å². The summed E-state index contributed by atoms with van der Waals surface area (Å²) < 4.78 is 37.6. The number of benzene rings is 3. The molecule has 1 fully saturated rings. The van der Waals surface area contributed by atoms with E-state index in [9.17, 15) is 34.5 Å². The van der Waals surface area contributed by atoms with Crippen LogP contribution in [0.2, 0.25) is 0 Å². The number of methoxy groups -OCH3 is 1. The quantitative estimate of drug-likeness (QED) is 0.0736. The monoisotopic (exact) mass is 912 g/mol. The van der Waals surface area contributed by atoms with E-state index < -0.39 is 82.7 Å². The lowest BCUT2D eigenvalue weighted by molar-refractivity contribution is -0.879. The summed E-state index contributed by atoms with van der Waals surface area (Å²) in [6.45, 7) is 15.2. The highest BCUT2D eigenvalue weighted by Gasteiger charge is 2.50. The van der Waals surface area contributed by atoms with E-state index in [1.54, 1.807) is 58.0 Å². The molecule has 4 aliphatic heterocycles. The average molecular weight is 913 g/mol. The van der Waals surface area contributed by atoms with Gasteiger partial charge in [-0.05, 0) is 32.1 Å². The van der Waals surface area contributed by atoms with E-state index in [1.807, 2.05) is 0 Å². The van der Waals surface area contributed by atoms with E-state index in [-0.39, 0.29) is 55.9 Å². The maximum atomic E-state index is 14.8. The number of ketones is 1. The predicted octanol–water partition coefficient (Wildman–Crippen LogP) is 6.42. The predicted molar refractivity (Wildman–Crippen MR) is 246 cm³/mol. The van der Waals surface area contributed by atoms with E-state index in [2.05, 4.69) is 19.4 Å². The summed E-state index contributed by atoms with van der Waals surface area (Å²) in [6.07, 6.45) is 4.66. The first-order valence-electron chi connectivity index (χ1n) is 22.4. The molecule has 0 aromatic heterocycles. The lowest BCUT2D eigenvalue weighted by Gasteiger charge is -2.38. The SMILES string of the molecule is CO[C@H]1/C=C/O[C@@]2(C)Oc3c(C)c(O)c4c(=O)c(c5oc6cc(OCC7CC[N+](C)(C)C7)ccc6nc-5c4c3C2=O)NC(=O)/C(C)=C\C=C\[C@H](C)[C@H](O)[C@@H](C)[C@@H](O)[C@@H](C)[C@H](OC(C)=O)[C@@H]1C. The largest absolute Gasteiger partial charge is 0.507 e. The molecule has 5 aliphatic rings. The first-order valence-corrected chi connectivity index (χ1v) is 22.4. The van der Waals surface area contributed by atoms with Crippen LogP contribution in [0.1, 0.15) is 70.8 Å². The third kappa shape index (κ3) is 9.03. The number of Topliss-reactive ketones (excluding diaryl/α,β-unsaturated/α-hetero) is 1. The number of nitrogens with one attached hydrogen (secondary N) is 1. The molecule has 0 saturated carbocycles. The van der Waals surface area contributed by atoms with Gasteiger partial charge in [-0.1, -0.05) is 45.9 Å². The van der Waals surface area contributed by atoms with Crippen LogP contribution in [0.15, 0.2) is 63.6 Å². The Balaban J connectivity index is 1.40. The number of phenols is 1. The molecule has 354 valence electrons. The number of allylic oxidation sites excluding steroid dienone is 2. The van der Waals surface area contributed by atoms with Gasteiger partial charge in [0.15, 0.2) is 11.3 Å². The molecule has 0 radical (unpaired) electrons. The number of aromatic hydroxyl groups is 1. The normalized spacial score (nSPS) is 31.3. The van der Waals surface area contributed by atoms with E-state index in [1.165, 1.54) is 53.2 Å². The van der Waals surface area contributed by atoms with Crippen molar-refractivity contribution in [2.45, 2.75) is 92.0 Å². The van der Waals surface area contributed by atoms with Crippen LogP contribution in [-0.4, -0.2) is 114 Å². The molecule has 1 saturated heterocycles. The number of fused-ring (bicyclic) bond motifs is 2. The van der Waals surface area contributed by atoms with Gasteiger partial charge >= 0.3 is 11.8 Å². The molecule has 1 unspecified atom stereocenters. The second-order valence-electron chi connectivity index (χ2n) is 19.2. The number of hydrogen-bond donors (Lipinski definition) is 4. The fraction of sp³-hybridized carbons (Fsp3) is 0.500. The zero-order valence-electron chi connectivity index (χ0n) is 39.5. The molecule has 4 bridgehead atoms. The number of rotatable bonds is 5. The molecule has 1 amide bonds. The number of quaternary nitrogens is 1. The maximum absolute atomic E-state index is 14.8. The van der Waals surface area contributed by atoms with Gasteiger partial charge in [0.05, 0.1) is 69.3 Å². The molecule has 2 aromatic carbocycles. The topological polar surface area (TPSA) is 213 Å². The van der Waals surface area contributed by atoms with Crippen LogP contribution in [0, 0.1) is 36.5 Å². The van der Waals surface area contributed by atoms with Gasteiger partial charge in [-0.3, -0.25) is 19.2 Å². The summed E-state index contributed by atoms with van der Waals surface area (Å²) >= 11 is 0. The molecule has 66 heavy (non-hydrogen) atoms. The van der Waals surface area contributed by atoms with Crippen molar-refractivity contribution in [3.63, 3.8) is 0 Å². The minimum Gasteiger partial charge on any atom is -0.507 e. The standard InChI is InChI=1S/C50H61N3O13/c1-24-13-12-14-25(2)49(60)52-40-44(58)37-36(39-47(40)65-35-21-32(15-16-33(35)51-39)62-23-31-17-19-53(9,10)22-31)38-46(29(6)43(37)57)66-50(8,48(38)59)63-20-18-34(61-11)26(3)45(64-30(7)54)28(5)42(56)27(4)41(24)55/h12-16,18,20-21,24,26-28,31,34,41-42,45,55-56H,17,19,22-23H2,1-11H3,(H-,51,52,57,58,59,60)/p+1/b13-12+,20-18+,25-14-/t24-,26+,27+,28+,31?,34-,41-,42+,45+,50-/m0/s1. The second-order valence-corrected chi connectivity index (χ2v) is 19.2. The van der Waals surface area contributed by atoms with Crippen LogP contribution >= 0.6 is 0 Å². The van der Waals surface area contributed by atoms with Crippen molar-refractivity contribution in [2.24, 2.45) is 29.6 Å². The summed E-state index contributed by atoms with van der Waals surface area (Å²) in [5.74, 6) is -6.34. The van der Waals surface area contributed by atoms with Gasteiger partial charge < -0.3 is 53.2 Å². The smallest absolute Gasteiger partial charge is 0.312 e. The number of phenolic OH excluding ortho intramolecular Hbond substituents is 1. The molecule has 10 atom stereocenters.